The molecular formula is C21H30N4O4. The summed E-state index contributed by atoms with van der Waals surface area (Å²) in [6.45, 7) is 6.08. The van der Waals surface area contributed by atoms with Gasteiger partial charge in [-0.2, -0.15) is 0 Å². The molecule has 0 saturated carbocycles. The van der Waals surface area contributed by atoms with Gasteiger partial charge in [-0.15, -0.1) is 0 Å². The van der Waals surface area contributed by atoms with Crippen LogP contribution in [0.2, 0.25) is 0 Å². The van der Waals surface area contributed by atoms with Crippen molar-refractivity contribution >= 4 is 11.8 Å². The lowest BCUT2D eigenvalue weighted by Gasteiger charge is -2.30. The maximum atomic E-state index is 12.8. The smallest absolute Gasteiger partial charge is 0.236 e. The fourth-order valence-electron chi connectivity index (χ4n) is 4.98. The van der Waals surface area contributed by atoms with Gasteiger partial charge < -0.3 is 25.3 Å². The summed E-state index contributed by atoms with van der Waals surface area (Å²) in [5.41, 5.74) is 0.437. The highest BCUT2D eigenvalue weighted by Crippen LogP contribution is 2.42. The summed E-state index contributed by atoms with van der Waals surface area (Å²) >= 11 is 0. The number of phenols is 1. The highest BCUT2D eigenvalue weighted by molar-refractivity contribution is 5.80. The minimum absolute atomic E-state index is 0.0151. The molecule has 29 heavy (non-hydrogen) atoms. The summed E-state index contributed by atoms with van der Waals surface area (Å²) in [4.78, 5) is 31.2. The van der Waals surface area contributed by atoms with Gasteiger partial charge in [0.2, 0.25) is 11.8 Å². The maximum absolute atomic E-state index is 12.8. The van der Waals surface area contributed by atoms with E-state index in [2.05, 4.69) is 10.2 Å². The molecule has 3 fully saturated rings. The van der Waals surface area contributed by atoms with E-state index in [1.54, 1.807) is 18.2 Å². The van der Waals surface area contributed by atoms with Gasteiger partial charge in [0.1, 0.15) is 5.75 Å². The zero-order chi connectivity index (χ0) is 20.4. The van der Waals surface area contributed by atoms with Gasteiger partial charge in [-0.1, -0.05) is 12.1 Å². The lowest BCUT2D eigenvalue weighted by molar-refractivity contribution is -0.133. The number of nitrogens with zero attached hydrogens (tertiary/aromatic N) is 3. The van der Waals surface area contributed by atoms with Gasteiger partial charge in [0, 0.05) is 57.8 Å². The van der Waals surface area contributed by atoms with Crippen LogP contribution in [0.4, 0.5) is 0 Å². The van der Waals surface area contributed by atoms with Gasteiger partial charge in [0.05, 0.1) is 19.6 Å². The van der Waals surface area contributed by atoms with Crippen LogP contribution in [0, 0.1) is 11.3 Å². The molecule has 0 spiro atoms. The van der Waals surface area contributed by atoms with E-state index in [0.29, 0.717) is 26.2 Å². The molecule has 8 heteroatoms. The van der Waals surface area contributed by atoms with Crippen LogP contribution in [0.1, 0.15) is 5.56 Å². The van der Waals surface area contributed by atoms with Crippen molar-refractivity contribution in [1.82, 2.24) is 20.0 Å². The molecule has 158 valence electrons. The molecule has 1 aromatic rings. The molecule has 0 aliphatic carbocycles. The normalized spacial score (nSPS) is 27.3. The van der Waals surface area contributed by atoms with E-state index in [0.717, 1.165) is 38.3 Å². The number of carbonyl (C=O) groups is 2. The fourth-order valence-corrected chi connectivity index (χ4v) is 4.98. The molecule has 8 nitrogen and oxygen atoms in total. The average Bonchev–Trinajstić information content (AvgIpc) is 3.23. The number of piperazine rings is 1. The summed E-state index contributed by atoms with van der Waals surface area (Å²) < 4.78 is 0. The third-order valence-corrected chi connectivity index (χ3v) is 6.59. The molecule has 3 saturated heterocycles. The maximum Gasteiger partial charge on any atom is 0.236 e. The second-order valence-electron chi connectivity index (χ2n) is 8.64. The molecule has 3 heterocycles. The van der Waals surface area contributed by atoms with Crippen LogP contribution >= 0.6 is 0 Å². The van der Waals surface area contributed by atoms with Gasteiger partial charge in [0.25, 0.3) is 0 Å². The topological polar surface area (TPSA) is 96.4 Å². The van der Waals surface area contributed by atoms with Crippen molar-refractivity contribution in [3.8, 4) is 5.75 Å². The average molecular weight is 402 g/mol. The first-order valence-corrected chi connectivity index (χ1v) is 10.4. The second kappa shape index (κ2) is 8.30. The Morgan fingerprint density at radius 1 is 1.10 bits per heavy atom. The number of fused-ring (bicyclic) bond motifs is 1. The summed E-state index contributed by atoms with van der Waals surface area (Å²) in [5, 5.41) is 23.0. The molecule has 4 rings (SSSR count). The SMILES string of the molecule is O=C(CN1CC2CN(C(=O)Cc3cccc(O)c3)CC2(CO)C1)N1CCNCC1. The van der Waals surface area contributed by atoms with Crippen molar-refractivity contribution < 1.29 is 19.8 Å². The lowest BCUT2D eigenvalue weighted by Crippen LogP contribution is -2.50. The number of carbonyl (C=O) groups excluding carboxylic acids is 2. The van der Waals surface area contributed by atoms with E-state index < -0.39 is 0 Å². The number of aromatic hydroxyl groups is 1. The first kappa shape index (κ1) is 20.1. The van der Waals surface area contributed by atoms with Crippen LogP contribution in [-0.4, -0.2) is 102 Å². The monoisotopic (exact) mass is 402 g/mol. The Kier molecular flexibility index (Phi) is 5.76. The second-order valence-corrected chi connectivity index (χ2v) is 8.64. The Bertz CT molecular complexity index is 767. The number of likely N-dealkylation sites (tertiary alicyclic amines) is 2. The summed E-state index contributed by atoms with van der Waals surface area (Å²) in [6.07, 6.45) is 0.244. The molecule has 2 atom stereocenters. The first-order valence-electron chi connectivity index (χ1n) is 10.4. The van der Waals surface area contributed by atoms with Crippen molar-refractivity contribution in [3.63, 3.8) is 0 Å². The van der Waals surface area contributed by atoms with Gasteiger partial charge in [0.15, 0.2) is 0 Å². The predicted octanol–water partition coefficient (Wildman–Crippen LogP) is -0.881. The number of aliphatic hydroxyl groups is 1. The number of phenolic OH excluding ortho intramolecular Hbond substituents is 1. The molecule has 2 unspecified atom stereocenters. The van der Waals surface area contributed by atoms with Gasteiger partial charge in [-0.25, -0.2) is 0 Å². The van der Waals surface area contributed by atoms with Crippen LogP contribution in [-0.2, 0) is 16.0 Å². The molecule has 0 radical (unpaired) electrons. The Morgan fingerprint density at radius 2 is 1.90 bits per heavy atom. The minimum Gasteiger partial charge on any atom is -0.508 e. The molecule has 3 aliphatic heterocycles. The summed E-state index contributed by atoms with van der Waals surface area (Å²) in [6, 6.07) is 6.77. The Hall–Kier alpha value is -2.16. The molecule has 1 aromatic carbocycles. The predicted molar refractivity (Wildman–Crippen MR) is 107 cm³/mol. The zero-order valence-corrected chi connectivity index (χ0v) is 16.7. The number of rotatable bonds is 5. The van der Waals surface area contributed by atoms with Crippen molar-refractivity contribution in [1.29, 1.82) is 0 Å². The number of nitrogens with one attached hydrogen (secondary N) is 1. The van der Waals surface area contributed by atoms with Crippen molar-refractivity contribution in [2.24, 2.45) is 11.3 Å². The molecule has 0 bridgehead atoms. The Labute approximate surface area is 171 Å². The van der Waals surface area contributed by atoms with E-state index in [1.165, 1.54) is 0 Å². The zero-order valence-electron chi connectivity index (χ0n) is 16.7. The number of hydrogen-bond donors (Lipinski definition) is 3. The number of amides is 2. The Balaban J connectivity index is 1.34. The van der Waals surface area contributed by atoms with E-state index in [4.69, 9.17) is 0 Å². The molecule has 3 N–H and O–H groups in total. The summed E-state index contributed by atoms with van der Waals surface area (Å²) in [5.74, 6) is 0.499. The molecule has 3 aliphatic rings. The molecule has 2 amide bonds. The van der Waals surface area contributed by atoms with E-state index >= 15 is 0 Å². The van der Waals surface area contributed by atoms with Crippen molar-refractivity contribution in [3.05, 3.63) is 29.8 Å². The van der Waals surface area contributed by atoms with Crippen LogP contribution in [0.3, 0.4) is 0 Å². The van der Waals surface area contributed by atoms with Crippen LogP contribution in [0.5, 0.6) is 5.75 Å². The highest BCUT2D eigenvalue weighted by Gasteiger charge is 2.53. The van der Waals surface area contributed by atoms with Crippen molar-refractivity contribution in [2.45, 2.75) is 6.42 Å². The Morgan fingerprint density at radius 3 is 2.59 bits per heavy atom. The quantitative estimate of drug-likeness (QED) is 0.592. The number of benzene rings is 1. The molecular weight excluding hydrogens is 372 g/mol. The third-order valence-electron chi connectivity index (χ3n) is 6.59. The van der Waals surface area contributed by atoms with Gasteiger partial charge in [-0.05, 0) is 23.6 Å². The van der Waals surface area contributed by atoms with Crippen LogP contribution in [0.25, 0.3) is 0 Å². The minimum atomic E-state index is -0.349. The van der Waals surface area contributed by atoms with Crippen LogP contribution in [0.15, 0.2) is 24.3 Å². The molecule has 0 aromatic heterocycles. The van der Waals surface area contributed by atoms with E-state index in [9.17, 15) is 19.8 Å². The third kappa shape index (κ3) is 4.24. The number of hydrogen-bond acceptors (Lipinski definition) is 6. The lowest BCUT2D eigenvalue weighted by atomic mass is 9.82. The van der Waals surface area contributed by atoms with Crippen molar-refractivity contribution in [2.75, 3.05) is 65.5 Å². The first-order chi connectivity index (χ1) is 14.0. The summed E-state index contributed by atoms with van der Waals surface area (Å²) in [7, 11) is 0. The van der Waals surface area contributed by atoms with Gasteiger partial charge >= 0.3 is 0 Å². The number of aliphatic hydroxyl groups excluding tert-OH is 1. The van der Waals surface area contributed by atoms with E-state index in [1.807, 2.05) is 15.9 Å². The standard InChI is InChI=1S/C21H30N4O4/c26-15-21-13-23(12-20(29)24-6-4-22-5-7-24)10-17(21)11-25(14-21)19(28)9-16-2-1-3-18(27)8-16/h1-3,8,17,22,26-27H,4-7,9-15H2. The fraction of sp³-hybridized carbons (Fsp3) is 0.619. The van der Waals surface area contributed by atoms with Gasteiger partial charge in [-0.3, -0.25) is 14.5 Å². The van der Waals surface area contributed by atoms with E-state index in [-0.39, 0.29) is 41.9 Å². The largest absolute Gasteiger partial charge is 0.508 e. The van der Waals surface area contributed by atoms with Crippen LogP contribution < -0.4 is 5.32 Å². The highest BCUT2D eigenvalue weighted by atomic mass is 16.3.